The first-order valence-corrected chi connectivity index (χ1v) is 5.36. The summed E-state index contributed by atoms with van der Waals surface area (Å²) in [5.74, 6) is 0. The fourth-order valence-electron chi connectivity index (χ4n) is 0.469. The van der Waals surface area contributed by atoms with Gasteiger partial charge in [0.15, 0.2) is 5.05 Å². The van der Waals surface area contributed by atoms with Crippen molar-refractivity contribution < 1.29 is 9.16 Å². The van der Waals surface area contributed by atoms with Crippen LogP contribution in [0.5, 0.6) is 0 Å². The van der Waals surface area contributed by atoms with Crippen LogP contribution in [0.15, 0.2) is 0 Å². The average molecular weight is 178 g/mol. The van der Waals surface area contributed by atoms with Crippen LogP contribution in [0.25, 0.3) is 0 Å². The van der Waals surface area contributed by atoms with Crippen molar-refractivity contribution in [3.63, 3.8) is 0 Å². The van der Waals surface area contributed by atoms with Gasteiger partial charge in [-0.3, -0.25) is 0 Å². The van der Waals surface area contributed by atoms with Crippen LogP contribution >= 0.6 is 12.2 Å². The molecule has 0 aliphatic heterocycles. The van der Waals surface area contributed by atoms with Gasteiger partial charge in [0.05, 0.1) is 6.23 Å². The predicted molar refractivity (Wildman–Crippen MR) is 49.0 cm³/mol. The van der Waals surface area contributed by atoms with Gasteiger partial charge in [-0.05, 0) is 26.1 Å². The van der Waals surface area contributed by atoms with E-state index in [1.807, 2.05) is 13.8 Å². The molecule has 0 unspecified atom stereocenters. The van der Waals surface area contributed by atoms with Gasteiger partial charge < -0.3 is 9.16 Å². The monoisotopic (exact) mass is 178 g/mol. The minimum Gasteiger partial charge on any atom is -0.489 e. The summed E-state index contributed by atoms with van der Waals surface area (Å²) < 4.78 is 10.4. The molecule has 0 atom stereocenters. The molecule has 0 rings (SSSR count). The summed E-state index contributed by atoms with van der Waals surface area (Å²) in [7, 11) is -0.489. The van der Waals surface area contributed by atoms with Crippen molar-refractivity contribution in [3.05, 3.63) is 0 Å². The molecular formula is C6H14O2SSi. The molecule has 60 valence electrons. The predicted octanol–water partition coefficient (Wildman–Crippen LogP) is 0.817. The first-order chi connectivity index (χ1) is 4.63. The molecular weight excluding hydrogens is 164 g/mol. The zero-order valence-corrected chi connectivity index (χ0v) is 8.95. The molecule has 0 aliphatic carbocycles. The van der Waals surface area contributed by atoms with Crippen molar-refractivity contribution in [3.8, 4) is 0 Å². The third kappa shape index (κ3) is 8.07. The van der Waals surface area contributed by atoms with Crippen LogP contribution in [0.4, 0.5) is 0 Å². The summed E-state index contributed by atoms with van der Waals surface area (Å²) >= 11 is 4.72. The van der Waals surface area contributed by atoms with E-state index in [0.717, 1.165) is 0 Å². The quantitative estimate of drug-likeness (QED) is 0.361. The van der Waals surface area contributed by atoms with Crippen molar-refractivity contribution in [2.75, 3.05) is 6.23 Å². The van der Waals surface area contributed by atoms with E-state index in [-0.39, 0.29) is 0 Å². The van der Waals surface area contributed by atoms with E-state index in [4.69, 9.17) is 21.4 Å². The van der Waals surface area contributed by atoms with Gasteiger partial charge in [0, 0.05) is 13.0 Å². The first-order valence-electron chi connectivity index (χ1n) is 3.38. The lowest BCUT2D eigenvalue weighted by atomic mass is 10.5. The lowest BCUT2D eigenvalue weighted by molar-refractivity contribution is 0.237. The highest BCUT2D eigenvalue weighted by Crippen LogP contribution is 1.85. The Balaban J connectivity index is 2.98. The molecule has 0 amide bonds. The van der Waals surface area contributed by atoms with Gasteiger partial charge in [-0.1, -0.05) is 0 Å². The molecule has 0 aromatic heterocycles. The maximum atomic E-state index is 5.35. The molecule has 0 radical (unpaired) electrons. The smallest absolute Gasteiger partial charge is 0.201 e. The molecule has 0 aromatic rings. The summed E-state index contributed by atoms with van der Waals surface area (Å²) in [6, 6.07) is 0. The molecule has 0 fully saturated rings. The molecule has 0 aliphatic rings. The highest BCUT2D eigenvalue weighted by Gasteiger charge is 1.93. The van der Waals surface area contributed by atoms with Crippen LogP contribution in [0.1, 0.15) is 20.8 Å². The zero-order valence-electron chi connectivity index (χ0n) is 6.72. The van der Waals surface area contributed by atoms with Gasteiger partial charge in [0.1, 0.15) is 0 Å². The molecule has 0 saturated heterocycles. The first kappa shape index (κ1) is 10.1. The Morgan fingerprint density at radius 2 is 2.20 bits per heavy atom. The van der Waals surface area contributed by atoms with Crippen LogP contribution in [-0.2, 0) is 9.16 Å². The van der Waals surface area contributed by atoms with Gasteiger partial charge in [0.25, 0.3) is 0 Å². The van der Waals surface area contributed by atoms with Gasteiger partial charge in [-0.25, -0.2) is 0 Å². The molecule has 4 heteroatoms. The Bertz CT molecular complexity index is 106. The summed E-state index contributed by atoms with van der Waals surface area (Å²) in [6.07, 6.45) is 1.04. The molecule has 0 N–H and O–H groups in total. The Morgan fingerprint density at radius 1 is 1.60 bits per heavy atom. The van der Waals surface area contributed by atoms with Crippen molar-refractivity contribution in [1.29, 1.82) is 0 Å². The van der Waals surface area contributed by atoms with E-state index in [1.165, 1.54) is 0 Å². The standard InChI is InChI=1S/C6H14O2SSi/c1-5(2)8-10-4-7-6(3)9/h5H,4,10H2,1-3H3. The third-order valence-corrected chi connectivity index (χ3v) is 2.23. The fourth-order valence-corrected chi connectivity index (χ4v) is 1.66. The van der Waals surface area contributed by atoms with E-state index in [0.29, 0.717) is 17.4 Å². The summed E-state index contributed by atoms with van der Waals surface area (Å²) in [5.41, 5.74) is 0. The fraction of sp³-hybridized carbons (Fsp3) is 0.833. The van der Waals surface area contributed by atoms with Crippen LogP contribution in [-0.4, -0.2) is 27.1 Å². The second-order valence-corrected chi connectivity index (χ2v) is 3.98. The molecule has 0 aromatic carbocycles. The number of ether oxygens (including phenoxy) is 1. The third-order valence-electron chi connectivity index (χ3n) is 0.840. The molecule has 0 saturated carbocycles. The number of hydrogen-bond donors (Lipinski definition) is 0. The minimum atomic E-state index is -0.489. The van der Waals surface area contributed by atoms with E-state index in [9.17, 15) is 0 Å². The largest absolute Gasteiger partial charge is 0.489 e. The van der Waals surface area contributed by atoms with Crippen LogP contribution in [0.3, 0.4) is 0 Å². The van der Waals surface area contributed by atoms with E-state index < -0.39 is 9.76 Å². The summed E-state index contributed by atoms with van der Waals surface area (Å²) in [5, 5.41) is 0.611. The summed E-state index contributed by atoms with van der Waals surface area (Å²) in [6.45, 7) is 5.83. The highest BCUT2D eigenvalue weighted by molar-refractivity contribution is 7.80. The second-order valence-electron chi connectivity index (χ2n) is 2.26. The normalized spacial score (nSPS) is 11.2. The Morgan fingerprint density at radius 3 is 2.60 bits per heavy atom. The van der Waals surface area contributed by atoms with Crippen LogP contribution in [0.2, 0.25) is 0 Å². The Kier molecular flexibility index (Phi) is 5.86. The van der Waals surface area contributed by atoms with Crippen molar-refractivity contribution in [2.45, 2.75) is 26.9 Å². The maximum absolute atomic E-state index is 5.35. The number of rotatable bonds is 4. The SMILES string of the molecule is CC(=S)OC[SiH2]OC(C)C. The minimum absolute atomic E-state index is 0.334. The number of thiocarbonyl (C=S) groups is 1. The lowest BCUT2D eigenvalue weighted by Gasteiger charge is -2.07. The molecule has 0 heterocycles. The van der Waals surface area contributed by atoms with Crippen LogP contribution in [0, 0.1) is 0 Å². The van der Waals surface area contributed by atoms with Gasteiger partial charge in [-0.2, -0.15) is 0 Å². The van der Waals surface area contributed by atoms with E-state index in [2.05, 4.69) is 0 Å². The Labute approximate surface area is 69.8 Å². The molecule has 2 nitrogen and oxygen atoms in total. The maximum Gasteiger partial charge on any atom is 0.201 e. The van der Waals surface area contributed by atoms with Crippen molar-refractivity contribution >= 4 is 27.0 Å². The molecule has 10 heavy (non-hydrogen) atoms. The zero-order chi connectivity index (χ0) is 7.98. The van der Waals surface area contributed by atoms with Gasteiger partial charge >= 0.3 is 0 Å². The lowest BCUT2D eigenvalue weighted by Crippen LogP contribution is -2.14. The molecule has 0 bridgehead atoms. The average Bonchev–Trinajstić information content (AvgIpc) is 1.79. The summed E-state index contributed by atoms with van der Waals surface area (Å²) in [4.78, 5) is 0. The van der Waals surface area contributed by atoms with Crippen LogP contribution < -0.4 is 0 Å². The topological polar surface area (TPSA) is 18.5 Å². The van der Waals surface area contributed by atoms with E-state index >= 15 is 0 Å². The van der Waals surface area contributed by atoms with Gasteiger partial charge in [-0.15, -0.1) is 0 Å². The Hall–Kier alpha value is 0.0669. The second kappa shape index (κ2) is 5.82. The number of hydrogen-bond acceptors (Lipinski definition) is 3. The molecule has 0 spiro atoms. The van der Waals surface area contributed by atoms with Gasteiger partial charge in [0.2, 0.25) is 9.76 Å². The van der Waals surface area contributed by atoms with Crippen molar-refractivity contribution in [1.82, 2.24) is 0 Å². The van der Waals surface area contributed by atoms with E-state index in [1.54, 1.807) is 6.92 Å². The highest BCUT2D eigenvalue weighted by atomic mass is 32.1. The van der Waals surface area contributed by atoms with Crippen molar-refractivity contribution in [2.24, 2.45) is 0 Å².